The summed E-state index contributed by atoms with van der Waals surface area (Å²) in [7, 11) is 1.34. The van der Waals surface area contributed by atoms with Gasteiger partial charge in [-0.05, 0) is 95.8 Å². The van der Waals surface area contributed by atoms with Gasteiger partial charge >= 0.3 is 5.97 Å². The van der Waals surface area contributed by atoms with Gasteiger partial charge in [-0.3, -0.25) is 19.7 Å². The fourth-order valence-corrected chi connectivity index (χ4v) is 4.93. The average molecular weight is 740 g/mol. The summed E-state index contributed by atoms with van der Waals surface area (Å²) in [6.45, 7) is -0.163. The van der Waals surface area contributed by atoms with Gasteiger partial charge in [0.25, 0.3) is 5.91 Å². The van der Waals surface area contributed by atoms with Crippen LogP contribution in [-0.2, 0) is 30.8 Å². The van der Waals surface area contributed by atoms with Gasteiger partial charge in [0.15, 0.2) is 0 Å². The minimum Gasteiger partial charge on any atom is -0.464 e. The van der Waals surface area contributed by atoms with Crippen LogP contribution in [0.3, 0.4) is 0 Å². The number of hydrogen-bond donors (Lipinski definition) is 4. The van der Waals surface area contributed by atoms with Gasteiger partial charge in [0.05, 0.1) is 55.5 Å². The number of hydrogen-bond acceptors (Lipinski definition) is 10. The van der Waals surface area contributed by atoms with Gasteiger partial charge in [-0.1, -0.05) is 59.6 Å². The highest BCUT2D eigenvalue weighted by molar-refractivity contribution is 6.30. The predicted octanol–water partition coefficient (Wildman–Crippen LogP) is 6.73. The number of anilines is 2. The van der Waals surface area contributed by atoms with E-state index in [9.17, 15) is 9.59 Å². The molecule has 52 heavy (non-hydrogen) atoms. The maximum absolute atomic E-state index is 12.2. The van der Waals surface area contributed by atoms with Crippen LogP contribution in [0.1, 0.15) is 54.6 Å². The zero-order valence-corrected chi connectivity index (χ0v) is 29.6. The van der Waals surface area contributed by atoms with Crippen LogP contribution in [0.2, 0.25) is 10.0 Å². The SMILES string of the molecule is COC(=O)c1ccc(Cc2cccc(Cl)c2)cn1.Nc1ccc(CO)nc1.O=C(Nc1ccc(CO)nc1)c1ccc(Cc2cccc(Cl)c2)cn1. The van der Waals surface area contributed by atoms with Crippen molar-refractivity contribution < 1.29 is 24.5 Å². The van der Waals surface area contributed by atoms with Gasteiger partial charge in [0.1, 0.15) is 11.4 Å². The number of aliphatic hydroxyl groups excluding tert-OH is 2. The summed E-state index contributed by atoms with van der Waals surface area (Å²) < 4.78 is 4.59. The molecule has 0 saturated carbocycles. The number of esters is 1. The molecule has 266 valence electrons. The second kappa shape index (κ2) is 20.2. The maximum atomic E-state index is 12.2. The Morgan fingerprint density at radius 1 is 0.654 bits per heavy atom. The molecule has 6 aromatic rings. The maximum Gasteiger partial charge on any atom is 0.356 e. The van der Waals surface area contributed by atoms with Crippen LogP contribution in [0.15, 0.2) is 122 Å². The minimum absolute atomic E-state index is 0.0275. The number of nitrogens with two attached hydrogens (primary N) is 1. The van der Waals surface area contributed by atoms with Crippen molar-refractivity contribution in [3.05, 3.63) is 177 Å². The molecule has 0 aliphatic heterocycles. The molecule has 0 unspecified atom stereocenters. The van der Waals surface area contributed by atoms with Crippen LogP contribution >= 0.6 is 23.2 Å². The smallest absolute Gasteiger partial charge is 0.356 e. The zero-order chi connectivity index (χ0) is 37.3. The van der Waals surface area contributed by atoms with Gasteiger partial charge in [0.2, 0.25) is 0 Å². The highest BCUT2D eigenvalue weighted by atomic mass is 35.5. The molecular formula is C39H36Cl2N6O5. The molecule has 0 atom stereocenters. The number of carbonyl (C=O) groups excluding carboxylic acids is 2. The Morgan fingerprint density at radius 3 is 1.62 bits per heavy atom. The van der Waals surface area contributed by atoms with Gasteiger partial charge in [-0.25, -0.2) is 9.78 Å². The highest BCUT2D eigenvalue weighted by Crippen LogP contribution is 2.16. The highest BCUT2D eigenvalue weighted by Gasteiger charge is 2.09. The zero-order valence-electron chi connectivity index (χ0n) is 28.1. The summed E-state index contributed by atoms with van der Waals surface area (Å²) >= 11 is 11.9. The van der Waals surface area contributed by atoms with Crippen LogP contribution in [0, 0.1) is 0 Å². The summed E-state index contributed by atoms with van der Waals surface area (Å²) in [5.41, 5.74) is 12.5. The first-order chi connectivity index (χ1) is 25.1. The normalized spacial score (nSPS) is 10.2. The van der Waals surface area contributed by atoms with E-state index in [0.717, 1.165) is 28.7 Å². The lowest BCUT2D eigenvalue weighted by molar-refractivity contribution is 0.0594. The molecule has 2 aromatic carbocycles. The van der Waals surface area contributed by atoms with Crippen molar-refractivity contribution in [1.82, 2.24) is 19.9 Å². The van der Waals surface area contributed by atoms with Crippen molar-refractivity contribution in [2.24, 2.45) is 0 Å². The van der Waals surface area contributed by atoms with Crippen molar-refractivity contribution in [2.45, 2.75) is 26.1 Å². The largest absolute Gasteiger partial charge is 0.464 e. The average Bonchev–Trinajstić information content (AvgIpc) is 3.16. The number of carbonyl (C=O) groups is 2. The van der Waals surface area contributed by atoms with E-state index in [1.807, 2.05) is 60.7 Å². The third-order valence-corrected chi connectivity index (χ3v) is 7.60. The van der Waals surface area contributed by atoms with Gasteiger partial charge in [0, 0.05) is 22.4 Å². The number of aliphatic hydroxyl groups is 2. The number of aromatic nitrogens is 4. The number of ether oxygens (including phenoxy) is 1. The summed E-state index contributed by atoms with van der Waals surface area (Å²) in [5.74, 6) is -0.739. The Morgan fingerprint density at radius 2 is 1.19 bits per heavy atom. The molecule has 13 heteroatoms. The number of methoxy groups -OCH3 is 1. The number of nitrogen functional groups attached to an aromatic ring is 1. The molecule has 1 amide bonds. The number of amides is 1. The molecule has 0 spiro atoms. The minimum atomic E-state index is -0.427. The van der Waals surface area contributed by atoms with E-state index < -0.39 is 5.97 Å². The van der Waals surface area contributed by atoms with Crippen LogP contribution < -0.4 is 11.1 Å². The number of rotatable bonds is 9. The molecule has 11 nitrogen and oxygen atoms in total. The Bertz CT molecular complexity index is 2030. The Balaban J connectivity index is 0.000000194. The lowest BCUT2D eigenvalue weighted by Crippen LogP contribution is -2.14. The molecule has 0 saturated heterocycles. The standard InChI is InChI=1S/C19H16ClN3O2.C14H12ClNO2.C6H8N2O/c20-15-3-1-2-13(9-15)8-14-4-7-18(22-10-14)19(25)23-16-5-6-17(12-24)21-11-16;1-18-14(17)13-6-5-11(9-16-13)7-10-3-2-4-12(15)8-10;7-5-1-2-6(4-9)8-3-5/h1-7,9-11,24H,8,12H2,(H,23,25);2-6,8-9H,7H2,1H3;1-3,9H,4,7H2. The summed E-state index contributed by atoms with van der Waals surface area (Å²) in [4.78, 5) is 39.6. The first-order valence-electron chi connectivity index (χ1n) is 15.8. The topological polar surface area (TPSA) is 173 Å². The number of benzene rings is 2. The Hall–Kier alpha value is -5.72. The number of nitrogens with zero attached hydrogens (tertiary/aromatic N) is 4. The Labute approximate surface area is 311 Å². The van der Waals surface area contributed by atoms with E-state index in [0.29, 0.717) is 50.6 Å². The van der Waals surface area contributed by atoms with E-state index in [1.165, 1.54) is 19.5 Å². The molecule has 0 radical (unpaired) electrons. The molecule has 0 aliphatic rings. The lowest BCUT2D eigenvalue weighted by Gasteiger charge is -2.06. The molecule has 6 rings (SSSR count). The second-order valence-electron chi connectivity index (χ2n) is 11.1. The van der Waals surface area contributed by atoms with Crippen LogP contribution in [-0.4, -0.2) is 49.1 Å². The van der Waals surface area contributed by atoms with Crippen LogP contribution in [0.5, 0.6) is 0 Å². The first-order valence-corrected chi connectivity index (χ1v) is 16.6. The number of pyridine rings is 4. The first kappa shape index (κ1) is 39.1. The molecule has 4 heterocycles. The third kappa shape index (κ3) is 12.9. The van der Waals surface area contributed by atoms with Crippen molar-refractivity contribution in [3.63, 3.8) is 0 Å². The second-order valence-corrected chi connectivity index (χ2v) is 12.0. The van der Waals surface area contributed by atoms with Crippen LogP contribution in [0.4, 0.5) is 11.4 Å². The molecule has 0 aliphatic carbocycles. The van der Waals surface area contributed by atoms with Gasteiger partial charge in [-0.15, -0.1) is 0 Å². The van der Waals surface area contributed by atoms with Crippen LogP contribution in [0.25, 0.3) is 0 Å². The fraction of sp³-hybridized carbons (Fsp3) is 0.128. The molecule has 4 aromatic heterocycles. The van der Waals surface area contributed by atoms with E-state index in [4.69, 9.17) is 39.1 Å². The van der Waals surface area contributed by atoms with E-state index >= 15 is 0 Å². The molecule has 0 fully saturated rings. The summed E-state index contributed by atoms with van der Waals surface area (Å²) in [6.07, 6.45) is 7.80. The van der Waals surface area contributed by atoms with Crippen molar-refractivity contribution in [2.75, 3.05) is 18.2 Å². The molecular weight excluding hydrogens is 703 g/mol. The van der Waals surface area contributed by atoms with E-state index in [2.05, 4.69) is 30.0 Å². The lowest BCUT2D eigenvalue weighted by atomic mass is 10.1. The summed E-state index contributed by atoms with van der Waals surface area (Å²) in [6, 6.07) is 29.1. The van der Waals surface area contributed by atoms with Gasteiger partial charge in [-0.2, -0.15) is 0 Å². The van der Waals surface area contributed by atoms with Gasteiger partial charge < -0.3 is 26.0 Å². The van der Waals surface area contributed by atoms with E-state index in [-0.39, 0.29) is 19.1 Å². The Kier molecular flexibility index (Phi) is 15.2. The number of halogens is 2. The monoisotopic (exact) mass is 738 g/mol. The van der Waals surface area contributed by atoms with Crippen molar-refractivity contribution >= 4 is 46.5 Å². The van der Waals surface area contributed by atoms with Crippen molar-refractivity contribution in [1.29, 1.82) is 0 Å². The summed E-state index contributed by atoms with van der Waals surface area (Å²) in [5, 5.41) is 21.6. The van der Waals surface area contributed by atoms with E-state index in [1.54, 1.807) is 48.8 Å². The molecule has 0 bridgehead atoms. The van der Waals surface area contributed by atoms with Crippen molar-refractivity contribution in [3.8, 4) is 0 Å². The fourth-order valence-electron chi connectivity index (χ4n) is 4.50. The quantitative estimate of drug-likeness (QED) is 0.116. The molecule has 5 N–H and O–H groups in total. The predicted molar refractivity (Wildman–Crippen MR) is 201 cm³/mol. The third-order valence-electron chi connectivity index (χ3n) is 7.13. The number of nitrogens with one attached hydrogen (secondary N) is 1.